The van der Waals surface area contributed by atoms with Crippen LogP contribution in [0.4, 0.5) is 0 Å². The molecule has 0 aliphatic heterocycles. The molecule has 0 aliphatic carbocycles. The van der Waals surface area contributed by atoms with E-state index in [9.17, 15) is 0 Å². The van der Waals surface area contributed by atoms with E-state index >= 15 is 0 Å². The van der Waals surface area contributed by atoms with Gasteiger partial charge >= 0.3 is 0 Å². The van der Waals surface area contributed by atoms with Crippen molar-refractivity contribution in [1.29, 1.82) is 0 Å². The van der Waals surface area contributed by atoms with Gasteiger partial charge in [-0.15, -0.1) is 0 Å². The van der Waals surface area contributed by atoms with Crippen LogP contribution in [0.2, 0.25) is 0 Å². The topological polar surface area (TPSA) is 29.5 Å². The van der Waals surface area contributed by atoms with Crippen molar-refractivity contribution in [2.75, 3.05) is 6.61 Å². The second-order valence-electron chi connectivity index (χ2n) is 1.98. The highest BCUT2D eigenvalue weighted by Gasteiger charge is 1.91. The Kier molecular flexibility index (Phi) is 5.32. The highest BCUT2D eigenvalue weighted by Crippen LogP contribution is 1.89. The smallest absolute Gasteiger partial charge is 0.0897 e. The van der Waals surface area contributed by atoms with Crippen LogP contribution in [0.1, 0.15) is 20.3 Å². The van der Waals surface area contributed by atoms with E-state index in [0.717, 1.165) is 0 Å². The molecule has 0 fully saturated rings. The van der Waals surface area contributed by atoms with Crippen LogP contribution in [0.5, 0.6) is 0 Å². The molecule has 0 saturated carbocycles. The predicted octanol–water partition coefficient (Wildman–Crippen LogP) is 1.31. The zero-order chi connectivity index (χ0) is 7.11. The van der Waals surface area contributed by atoms with Crippen molar-refractivity contribution in [3.63, 3.8) is 0 Å². The zero-order valence-corrected chi connectivity index (χ0v) is 6.00. The first kappa shape index (κ1) is 8.50. The van der Waals surface area contributed by atoms with Gasteiger partial charge in [-0.2, -0.15) is 0 Å². The first-order valence-electron chi connectivity index (χ1n) is 3.18. The van der Waals surface area contributed by atoms with Crippen molar-refractivity contribution in [3.05, 3.63) is 12.3 Å². The summed E-state index contributed by atoms with van der Waals surface area (Å²) in [6, 6.07) is 0. The Morgan fingerprint density at radius 1 is 1.67 bits per heavy atom. The molecule has 0 rings (SSSR count). The third kappa shape index (κ3) is 7.50. The molecule has 0 aromatic heterocycles. The molecule has 1 unspecified atom stereocenters. The molecule has 0 saturated heterocycles. The van der Waals surface area contributed by atoms with E-state index in [1.54, 1.807) is 13.2 Å². The van der Waals surface area contributed by atoms with Gasteiger partial charge in [0.05, 0.1) is 19.0 Å². The quantitative estimate of drug-likeness (QED) is 0.459. The molecule has 0 aromatic rings. The Bertz CT molecular complexity index is 77.0. The van der Waals surface area contributed by atoms with E-state index in [1.165, 1.54) is 0 Å². The molecule has 0 aromatic carbocycles. The number of allylic oxidation sites excluding steroid dienone is 1. The summed E-state index contributed by atoms with van der Waals surface area (Å²) in [5.41, 5.74) is 0. The van der Waals surface area contributed by atoms with Gasteiger partial charge in [0.15, 0.2) is 0 Å². The van der Waals surface area contributed by atoms with Crippen molar-refractivity contribution in [3.8, 4) is 0 Å². The third-order valence-corrected chi connectivity index (χ3v) is 0.886. The highest BCUT2D eigenvalue weighted by atomic mass is 16.5. The third-order valence-electron chi connectivity index (χ3n) is 0.886. The van der Waals surface area contributed by atoms with Gasteiger partial charge in [0.1, 0.15) is 0 Å². The number of hydrogen-bond acceptors (Lipinski definition) is 2. The minimum absolute atomic E-state index is 0.254. The maximum absolute atomic E-state index is 8.75. The summed E-state index contributed by atoms with van der Waals surface area (Å²) in [5.74, 6) is 0. The maximum Gasteiger partial charge on any atom is 0.0897 e. The number of ether oxygens (including phenoxy) is 1. The Morgan fingerprint density at radius 2 is 2.33 bits per heavy atom. The van der Waals surface area contributed by atoms with Crippen LogP contribution in [-0.4, -0.2) is 17.8 Å². The first-order valence-corrected chi connectivity index (χ1v) is 3.18. The van der Waals surface area contributed by atoms with Gasteiger partial charge < -0.3 is 9.84 Å². The average Bonchev–Trinajstić information content (AvgIpc) is 1.80. The van der Waals surface area contributed by atoms with Crippen LogP contribution >= 0.6 is 0 Å². The van der Waals surface area contributed by atoms with Gasteiger partial charge in [-0.25, -0.2) is 0 Å². The summed E-state index contributed by atoms with van der Waals surface area (Å²) >= 11 is 0. The molecular weight excluding hydrogens is 116 g/mol. The minimum atomic E-state index is -0.254. The van der Waals surface area contributed by atoms with Crippen molar-refractivity contribution in [1.82, 2.24) is 0 Å². The van der Waals surface area contributed by atoms with E-state index < -0.39 is 0 Å². The predicted molar refractivity (Wildman–Crippen MR) is 37.1 cm³/mol. The SMILES string of the molecule is CC=COCCC(C)O. The Balaban J connectivity index is 2.91. The van der Waals surface area contributed by atoms with Crippen molar-refractivity contribution in [2.45, 2.75) is 26.4 Å². The van der Waals surface area contributed by atoms with Gasteiger partial charge in [0.25, 0.3) is 0 Å². The van der Waals surface area contributed by atoms with E-state index in [0.29, 0.717) is 13.0 Å². The van der Waals surface area contributed by atoms with E-state index in [1.807, 2.05) is 13.0 Å². The lowest BCUT2D eigenvalue weighted by atomic mass is 10.3. The second kappa shape index (κ2) is 5.63. The summed E-state index contributed by atoms with van der Waals surface area (Å²) in [7, 11) is 0. The summed E-state index contributed by atoms with van der Waals surface area (Å²) in [6.45, 7) is 4.24. The van der Waals surface area contributed by atoms with E-state index in [2.05, 4.69) is 0 Å². The van der Waals surface area contributed by atoms with Crippen molar-refractivity contribution >= 4 is 0 Å². The van der Waals surface area contributed by atoms with Gasteiger partial charge in [-0.1, -0.05) is 6.08 Å². The average molecular weight is 130 g/mol. The molecule has 54 valence electrons. The maximum atomic E-state index is 8.75. The minimum Gasteiger partial charge on any atom is -0.501 e. The van der Waals surface area contributed by atoms with Crippen LogP contribution < -0.4 is 0 Å². The molecule has 2 heteroatoms. The van der Waals surface area contributed by atoms with Crippen molar-refractivity contribution in [2.24, 2.45) is 0 Å². The largest absolute Gasteiger partial charge is 0.501 e. The van der Waals surface area contributed by atoms with E-state index in [-0.39, 0.29) is 6.10 Å². The molecule has 0 amide bonds. The summed E-state index contributed by atoms with van der Waals surface area (Å²) < 4.78 is 4.95. The monoisotopic (exact) mass is 130 g/mol. The molecule has 0 radical (unpaired) electrons. The first-order chi connectivity index (χ1) is 4.27. The lowest BCUT2D eigenvalue weighted by Crippen LogP contribution is -2.02. The van der Waals surface area contributed by atoms with Gasteiger partial charge in [0, 0.05) is 6.42 Å². The standard InChI is InChI=1S/C7H14O2/c1-3-5-9-6-4-7(2)8/h3,5,7-8H,4,6H2,1-2H3. The molecular formula is C7H14O2. The van der Waals surface area contributed by atoms with Crippen LogP contribution in [0, 0.1) is 0 Å². The lowest BCUT2D eigenvalue weighted by molar-refractivity contribution is 0.139. The molecule has 1 N–H and O–H groups in total. The number of hydrogen-bond donors (Lipinski definition) is 1. The van der Waals surface area contributed by atoms with E-state index in [4.69, 9.17) is 9.84 Å². The molecule has 2 nitrogen and oxygen atoms in total. The van der Waals surface area contributed by atoms with Crippen LogP contribution in [0.25, 0.3) is 0 Å². The number of rotatable bonds is 4. The van der Waals surface area contributed by atoms with Crippen LogP contribution in [0.15, 0.2) is 12.3 Å². The fourth-order valence-corrected chi connectivity index (χ4v) is 0.403. The Morgan fingerprint density at radius 3 is 2.78 bits per heavy atom. The van der Waals surface area contributed by atoms with Gasteiger partial charge in [-0.05, 0) is 13.8 Å². The number of aliphatic hydroxyl groups excluding tert-OH is 1. The fraction of sp³-hybridized carbons (Fsp3) is 0.714. The fourth-order valence-electron chi connectivity index (χ4n) is 0.403. The van der Waals surface area contributed by atoms with Crippen LogP contribution in [0.3, 0.4) is 0 Å². The van der Waals surface area contributed by atoms with Gasteiger partial charge in [0.2, 0.25) is 0 Å². The summed E-state index contributed by atoms with van der Waals surface area (Å²) in [6.07, 6.45) is 3.89. The molecule has 1 atom stereocenters. The normalized spacial score (nSPS) is 14.1. The zero-order valence-electron chi connectivity index (χ0n) is 6.00. The summed E-state index contributed by atoms with van der Waals surface area (Å²) in [4.78, 5) is 0. The molecule has 0 aliphatic rings. The molecule has 9 heavy (non-hydrogen) atoms. The van der Waals surface area contributed by atoms with Gasteiger partial charge in [-0.3, -0.25) is 0 Å². The Labute approximate surface area is 56.1 Å². The second-order valence-corrected chi connectivity index (χ2v) is 1.98. The molecule has 0 bridgehead atoms. The van der Waals surface area contributed by atoms with Crippen LogP contribution in [-0.2, 0) is 4.74 Å². The molecule has 0 heterocycles. The molecule has 0 spiro atoms. The highest BCUT2D eigenvalue weighted by molar-refractivity contribution is 4.65. The lowest BCUT2D eigenvalue weighted by Gasteiger charge is -2.01. The number of aliphatic hydroxyl groups is 1. The van der Waals surface area contributed by atoms with Crippen molar-refractivity contribution < 1.29 is 9.84 Å². The summed E-state index contributed by atoms with van der Waals surface area (Å²) in [5, 5.41) is 8.75. The Hall–Kier alpha value is -0.500.